The van der Waals surface area contributed by atoms with Gasteiger partial charge >= 0.3 is 0 Å². The predicted octanol–water partition coefficient (Wildman–Crippen LogP) is 5.47. The van der Waals surface area contributed by atoms with Crippen LogP contribution in [0.2, 0.25) is 0 Å². The highest BCUT2D eigenvalue weighted by Crippen LogP contribution is 2.33. The molecule has 2 aromatic rings. The van der Waals surface area contributed by atoms with Crippen molar-refractivity contribution >= 4 is 27.3 Å². The Morgan fingerprint density at radius 3 is 2.60 bits per heavy atom. The summed E-state index contributed by atoms with van der Waals surface area (Å²) in [4.78, 5) is 2.85. The van der Waals surface area contributed by atoms with E-state index < -0.39 is 0 Å². The summed E-state index contributed by atoms with van der Waals surface area (Å²) in [6.45, 7) is 7.58. The van der Waals surface area contributed by atoms with Crippen LogP contribution in [-0.2, 0) is 6.42 Å². The third kappa shape index (κ3) is 3.72. The quantitative estimate of drug-likeness (QED) is 0.727. The van der Waals surface area contributed by atoms with Crippen LogP contribution in [0.3, 0.4) is 0 Å². The van der Waals surface area contributed by atoms with E-state index in [1.165, 1.54) is 25.4 Å². The van der Waals surface area contributed by atoms with E-state index in [0.717, 1.165) is 19.4 Å². The Morgan fingerprint density at radius 2 is 2.00 bits per heavy atom. The number of aryl methyl sites for hydroxylation is 2. The van der Waals surface area contributed by atoms with Gasteiger partial charge in [-0.15, -0.1) is 11.3 Å². The number of halogens is 1. The first-order chi connectivity index (χ1) is 9.65. The minimum Gasteiger partial charge on any atom is -0.306 e. The van der Waals surface area contributed by atoms with Gasteiger partial charge in [0.25, 0.3) is 0 Å². The molecule has 0 aliphatic carbocycles. The number of hydrogen-bond donors (Lipinski definition) is 1. The molecule has 0 amide bonds. The fraction of sp³-hybridized carbons (Fsp3) is 0.412. The van der Waals surface area contributed by atoms with Crippen LogP contribution in [0.1, 0.15) is 47.2 Å². The molecule has 0 bridgehead atoms. The summed E-state index contributed by atoms with van der Waals surface area (Å²) in [7, 11) is 0. The van der Waals surface area contributed by atoms with Crippen LogP contribution in [0.25, 0.3) is 0 Å². The van der Waals surface area contributed by atoms with E-state index in [9.17, 15) is 0 Å². The minimum absolute atomic E-state index is 0.287. The average molecular weight is 352 g/mol. The van der Waals surface area contributed by atoms with E-state index in [2.05, 4.69) is 72.3 Å². The molecule has 0 spiro atoms. The highest BCUT2D eigenvalue weighted by molar-refractivity contribution is 9.10. The average Bonchev–Trinajstić information content (AvgIpc) is 2.90. The number of benzene rings is 1. The van der Waals surface area contributed by atoms with Crippen molar-refractivity contribution in [1.82, 2.24) is 5.32 Å². The standard InChI is InChI=1S/C17H22BrNS/c1-4-10-19-17(16-9-7-13(5-2)20-16)14-8-6-12(3)11-15(14)18/h6-9,11,17,19H,4-5,10H2,1-3H3. The summed E-state index contributed by atoms with van der Waals surface area (Å²) in [5, 5.41) is 3.68. The van der Waals surface area contributed by atoms with Gasteiger partial charge in [0.1, 0.15) is 0 Å². The van der Waals surface area contributed by atoms with Crippen molar-refractivity contribution in [2.75, 3.05) is 6.54 Å². The van der Waals surface area contributed by atoms with Gasteiger partial charge in [0.05, 0.1) is 6.04 Å². The second-order valence-corrected chi connectivity index (χ2v) is 7.12. The summed E-state index contributed by atoms with van der Waals surface area (Å²) < 4.78 is 1.19. The summed E-state index contributed by atoms with van der Waals surface area (Å²) in [5.74, 6) is 0. The van der Waals surface area contributed by atoms with Crippen LogP contribution in [0, 0.1) is 6.92 Å². The lowest BCUT2D eigenvalue weighted by Crippen LogP contribution is -2.22. The van der Waals surface area contributed by atoms with Crippen molar-refractivity contribution in [2.45, 2.75) is 39.7 Å². The van der Waals surface area contributed by atoms with Crippen LogP contribution in [0.5, 0.6) is 0 Å². The van der Waals surface area contributed by atoms with Crippen molar-refractivity contribution in [3.05, 3.63) is 55.7 Å². The van der Waals surface area contributed by atoms with Crippen LogP contribution < -0.4 is 5.32 Å². The van der Waals surface area contributed by atoms with Crippen molar-refractivity contribution in [2.24, 2.45) is 0 Å². The third-order valence-corrected chi connectivity index (χ3v) is 5.36. The van der Waals surface area contributed by atoms with E-state index in [1.807, 2.05) is 11.3 Å². The zero-order valence-electron chi connectivity index (χ0n) is 12.4. The summed E-state index contributed by atoms with van der Waals surface area (Å²) >= 11 is 5.64. The summed E-state index contributed by atoms with van der Waals surface area (Å²) in [5.41, 5.74) is 2.61. The number of hydrogen-bond acceptors (Lipinski definition) is 2. The Labute approximate surface area is 134 Å². The maximum atomic E-state index is 3.73. The Morgan fingerprint density at radius 1 is 1.20 bits per heavy atom. The van der Waals surface area contributed by atoms with Crippen molar-refractivity contribution in [1.29, 1.82) is 0 Å². The summed E-state index contributed by atoms with van der Waals surface area (Å²) in [6, 6.07) is 11.4. The lowest BCUT2D eigenvalue weighted by molar-refractivity contribution is 0.604. The lowest BCUT2D eigenvalue weighted by Gasteiger charge is -2.19. The molecule has 1 atom stereocenters. The molecule has 0 saturated heterocycles. The van der Waals surface area contributed by atoms with Crippen molar-refractivity contribution in [3.63, 3.8) is 0 Å². The third-order valence-electron chi connectivity index (χ3n) is 3.38. The Hall–Kier alpha value is -0.640. The van der Waals surface area contributed by atoms with Gasteiger partial charge in [-0.25, -0.2) is 0 Å². The maximum absolute atomic E-state index is 3.73. The molecular weight excluding hydrogens is 330 g/mol. The molecule has 0 aliphatic rings. The molecule has 1 heterocycles. The molecule has 1 aromatic heterocycles. The minimum atomic E-state index is 0.287. The first kappa shape index (κ1) is 15.7. The molecule has 1 unspecified atom stereocenters. The van der Waals surface area contributed by atoms with Gasteiger partial charge in [0, 0.05) is 14.2 Å². The lowest BCUT2D eigenvalue weighted by atomic mass is 10.0. The molecule has 108 valence electrons. The molecule has 0 fully saturated rings. The first-order valence-electron chi connectivity index (χ1n) is 7.23. The Kier molecular flexibility index (Phi) is 5.82. The topological polar surface area (TPSA) is 12.0 Å². The smallest absolute Gasteiger partial charge is 0.0682 e. The van der Waals surface area contributed by atoms with Gasteiger partial charge in [-0.1, -0.05) is 41.9 Å². The zero-order valence-corrected chi connectivity index (χ0v) is 14.8. The highest BCUT2D eigenvalue weighted by atomic mass is 79.9. The van der Waals surface area contributed by atoms with Gasteiger partial charge in [0.15, 0.2) is 0 Å². The summed E-state index contributed by atoms with van der Waals surface area (Å²) in [6.07, 6.45) is 2.26. The van der Waals surface area contributed by atoms with Gasteiger partial charge in [-0.2, -0.15) is 0 Å². The Balaban J connectivity index is 2.35. The van der Waals surface area contributed by atoms with Crippen molar-refractivity contribution in [3.8, 4) is 0 Å². The second kappa shape index (κ2) is 7.39. The fourth-order valence-corrected chi connectivity index (χ4v) is 4.03. The second-order valence-electron chi connectivity index (χ2n) is 5.07. The van der Waals surface area contributed by atoms with Gasteiger partial charge in [-0.05, 0) is 55.6 Å². The van der Waals surface area contributed by atoms with Crippen LogP contribution >= 0.6 is 27.3 Å². The molecule has 0 radical (unpaired) electrons. The maximum Gasteiger partial charge on any atom is 0.0682 e. The van der Waals surface area contributed by atoms with Crippen molar-refractivity contribution < 1.29 is 0 Å². The predicted molar refractivity (Wildman–Crippen MR) is 92.7 cm³/mol. The Bertz CT molecular complexity index is 562. The fourth-order valence-electron chi connectivity index (χ4n) is 2.26. The largest absolute Gasteiger partial charge is 0.306 e. The first-order valence-corrected chi connectivity index (χ1v) is 8.84. The molecule has 0 saturated carbocycles. The van der Waals surface area contributed by atoms with Gasteiger partial charge < -0.3 is 5.32 Å². The van der Waals surface area contributed by atoms with E-state index in [-0.39, 0.29) is 6.04 Å². The SMILES string of the molecule is CCCNC(c1ccc(CC)s1)c1ccc(C)cc1Br. The number of nitrogens with one attached hydrogen (secondary N) is 1. The van der Waals surface area contributed by atoms with E-state index >= 15 is 0 Å². The molecule has 20 heavy (non-hydrogen) atoms. The molecule has 1 aromatic carbocycles. The van der Waals surface area contributed by atoms with Crippen LogP contribution in [0.15, 0.2) is 34.8 Å². The monoisotopic (exact) mass is 351 g/mol. The zero-order chi connectivity index (χ0) is 14.5. The molecular formula is C17H22BrNS. The molecule has 1 nitrogen and oxygen atoms in total. The van der Waals surface area contributed by atoms with Gasteiger partial charge in [0.2, 0.25) is 0 Å². The van der Waals surface area contributed by atoms with Crippen LogP contribution in [-0.4, -0.2) is 6.54 Å². The van der Waals surface area contributed by atoms with E-state index in [4.69, 9.17) is 0 Å². The number of thiophene rings is 1. The molecule has 3 heteroatoms. The van der Waals surface area contributed by atoms with E-state index in [0.29, 0.717) is 0 Å². The number of rotatable bonds is 6. The highest BCUT2D eigenvalue weighted by Gasteiger charge is 2.18. The van der Waals surface area contributed by atoms with Gasteiger partial charge in [-0.3, -0.25) is 0 Å². The molecule has 1 N–H and O–H groups in total. The van der Waals surface area contributed by atoms with Crippen LogP contribution in [0.4, 0.5) is 0 Å². The molecule has 0 aliphatic heterocycles. The normalized spacial score (nSPS) is 12.6. The van der Waals surface area contributed by atoms with E-state index in [1.54, 1.807) is 0 Å². The molecule has 2 rings (SSSR count).